The molecule has 30 heavy (non-hydrogen) atoms. The Bertz CT molecular complexity index is 1120. The van der Waals surface area contributed by atoms with E-state index in [0.717, 1.165) is 16.9 Å². The molecule has 0 spiro atoms. The van der Waals surface area contributed by atoms with Gasteiger partial charge in [0.05, 0.1) is 24.1 Å². The minimum Gasteiger partial charge on any atom is -0.477 e. The zero-order valence-electron chi connectivity index (χ0n) is 16.1. The number of nitrogens with zero attached hydrogens (tertiary/aromatic N) is 4. The number of amides is 1. The van der Waals surface area contributed by atoms with Crippen LogP contribution in [0.2, 0.25) is 0 Å². The van der Waals surface area contributed by atoms with Crippen molar-refractivity contribution in [3.63, 3.8) is 0 Å². The zero-order valence-corrected chi connectivity index (χ0v) is 16.1. The molecule has 0 bridgehead atoms. The van der Waals surface area contributed by atoms with Crippen molar-refractivity contribution in [2.45, 2.75) is 12.6 Å². The molecule has 4 aromatic rings. The average Bonchev–Trinajstić information content (AvgIpc) is 3.49. The average molecular weight is 400 g/mol. The molecule has 2 aromatic heterocycles. The van der Waals surface area contributed by atoms with Gasteiger partial charge in [0.1, 0.15) is 11.6 Å². The summed E-state index contributed by atoms with van der Waals surface area (Å²) in [4.78, 5) is 14.9. The van der Waals surface area contributed by atoms with Crippen LogP contribution in [-0.2, 0) is 11.3 Å². The van der Waals surface area contributed by atoms with Gasteiger partial charge in [-0.05, 0) is 35.9 Å². The van der Waals surface area contributed by atoms with Gasteiger partial charge in [-0.1, -0.05) is 24.3 Å². The third-order valence-corrected chi connectivity index (χ3v) is 4.99. The van der Waals surface area contributed by atoms with Crippen LogP contribution in [0.15, 0.2) is 79.3 Å². The number of benzene rings is 2. The number of para-hydroxylation sites is 2. The topological polar surface area (TPSA) is 88.1 Å². The first-order chi connectivity index (χ1) is 14.8. The van der Waals surface area contributed by atoms with Crippen LogP contribution in [0.25, 0.3) is 5.69 Å². The van der Waals surface area contributed by atoms with E-state index in [0.29, 0.717) is 24.7 Å². The third-order valence-electron chi connectivity index (χ3n) is 4.99. The molecule has 1 unspecified atom stereocenters. The maximum Gasteiger partial charge on any atom is 0.268 e. The molecule has 0 radical (unpaired) electrons. The molecule has 8 heteroatoms. The van der Waals surface area contributed by atoms with Crippen LogP contribution in [0.1, 0.15) is 5.56 Å². The van der Waals surface area contributed by atoms with Crippen molar-refractivity contribution < 1.29 is 9.53 Å². The van der Waals surface area contributed by atoms with Crippen molar-refractivity contribution in [1.29, 1.82) is 0 Å². The van der Waals surface area contributed by atoms with Crippen LogP contribution in [-0.4, -0.2) is 38.5 Å². The van der Waals surface area contributed by atoms with E-state index in [9.17, 15) is 4.79 Å². The summed E-state index contributed by atoms with van der Waals surface area (Å²) < 4.78 is 7.80. The first-order valence-electron chi connectivity index (χ1n) is 9.66. The number of aromatic nitrogens is 4. The molecule has 0 aliphatic carbocycles. The lowest BCUT2D eigenvalue weighted by Crippen LogP contribution is -2.46. The summed E-state index contributed by atoms with van der Waals surface area (Å²) in [5.74, 6) is 1.03. The van der Waals surface area contributed by atoms with Crippen LogP contribution in [0.5, 0.6) is 5.75 Å². The molecule has 0 saturated heterocycles. The van der Waals surface area contributed by atoms with E-state index < -0.39 is 6.10 Å². The first kappa shape index (κ1) is 18.0. The van der Waals surface area contributed by atoms with Crippen molar-refractivity contribution in [2.75, 3.05) is 16.8 Å². The van der Waals surface area contributed by atoms with E-state index in [2.05, 4.69) is 37.6 Å². The van der Waals surface area contributed by atoms with Crippen LogP contribution in [0, 0.1) is 0 Å². The van der Waals surface area contributed by atoms with Gasteiger partial charge in [-0.15, -0.1) is 0 Å². The Morgan fingerprint density at radius 2 is 1.97 bits per heavy atom. The number of rotatable bonds is 5. The monoisotopic (exact) mass is 400 g/mol. The summed E-state index contributed by atoms with van der Waals surface area (Å²) in [7, 11) is 0. The number of ether oxygens (including phenoxy) is 1. The van der Waals surface area contributed by atoms with E-state index in [1.54, 1.807) is 18.5 Å². The molecular formula is C22H20N6O2. The summed E-state index contributed by atoms with van der Waals surface area (Å²) >= 11 is 0. The molecule has 2 N–H and O–H groups in total. The lowest BCUT2D eigenvalue weighted by molar-refractivity contribution is -0.122. The molecule has 5 rings (SSSR count). The van der Waals surface area contributed by atoms with Crippen molar-refractivity contribution in [1.82, 2.24) is 20.0 Å². The van der Waals surface area contributed by atoms with Gasteiger partial charge in [0.25, 0.3) is 5.91 Å². The van der Waals surface area contributed by atoms with Crippen LogP contribution >= 0.6 is 0 Å². The van der Waals surface area contributed by atoms with Gasteiger partial charge < -0.3 is 15.0 Å². The molecule has 0 saturated carbocycles. The van der Waals surface area contributed by atoms with Gasteiger partial charge in [0.2, 0.25) is 0 Å². The Labute approximate surface area is 173 Å². The summed E-state index contributed by atoms with van der Waals surface area (Å²) in [6.07, 6.45) is 4.63. The highest BCUT2D eigenvalue weighted by Gasteiger charge is 2.31. The molecular weight excluding hydrogens is 380 g/mol. The highest BCUT2D eigenvalue weighted by atomic mass is 16.5. The highest BCUT2D eigenvalue weighted by molar-refractivity contribution is 5.94. The molecule has 2 aromatic carbocycles. The molecule has 1 aliphatic heterocycles. The molecule has 8 nitrogen and oxygen atoms in total. The second kappa shape index (κ2) is 7.75. The minimum atomic E-state index is -0.633. The fourth-order valence-electron chi connectivity index (χ4n) is 3.53. The number of carbonyl (C=O) groups excluding carboxylic acids is 1. The summed E-state index contributed by atoms with van der Waals surface area (Å²) in [6.45, 7) is 1.10. The van der Waals surface area contributed by atoms with Crippen LogP contribution in [0.3, 0.4) is 0 Å². The third kappa shape index (κ3) is 3.62. The lowest BCUT2D eigenvalue weighted by atomic mass is 10.1. The molecule has 0 fully saturated rings. The van der Waals surface area contributed by atoms with E-state index in [1.165, 1.54) is 0 Å². The van der Waals surface area contributed by atoms with Crippen molar-refractivity contribution in [2.24, 2.45) is 0 Å². The molecule has 150 valence electrons. The Kier molecular flexibility index (Phi) is 4.65. The van der Waals surface area contributed by atoms with E-state index in [4.69, 9.17) is 4.74 Å². The van der Waals surface area contributed by atoms with Crippen molar-refractivity contribution >= 4 is 17.4 Å². The predicted octanol–water partition coefficient (Wildman–Crippen LogP) is 3.00. The Hall–Kier alpha value is -4.07. The number of aromatic amines is 1. The van der Waals surface area contributed by atoms with Gasteiger partial charge in [0, 0.05) is 25.0 Å². The largest absolute Gasteiger partial charge is 0.477 e. The number of hydrogen-bond donors (Lipinski definition) is 2. The Morgan fingerprint density at radius 3 is 2.73 bits per heavy atom. The van der Waals surface area contributed by atoms with Gasteiger partial charge in [-0.25, -0.2) is 4.68 Å². The predicted molar refractivity (Wildman–Crippen MR) is 113 cm³/mol. The molecule has 1 aliphatic rings. The maximum absolute atomic E-state index is 12.7. The number of hydrogen-bond acceptors (Lipinski definition) is 5. The lowest BCUT2D eigenvalue weighted by Gasteiger charge is -2.35. The second-order valence-corrected chi connectivity index (χ2v) is 7.03. The quantitative estimate of drug-likeness (QED) is 0.538. The van der Waals surface area contributed by atoms with E-state index in [1.807, 2.05) is 53.3 Å². The van der Waals surface area contributed by atoms with Crippen molar-refractivity contribution in [3.8, 4) is 11.4 Å². The van der Waals surface area contributed by atoms with E-state index in [-0.39, 0.29) is 5.91 Å². The molecule has 1 atom stereocenters. The number of nitrogens with one attached hydrogen (secondary N) is 2. The number of anilines is 2. The van der Waals surface area contributed by atoms with Crippen molar-refractivity contribution in [3.05, 3.63) is 84.8 Å². The number of fused-ring (bicyclic) bond motifs is 1. The minimum absolute atomic E-state index is 0.215. The van der Waals surface area contributed by atoms with Crippen LogP contribution in [0.4, 0.5) is 11.5 Å². The highest BCUT2D eigenvalue weighted by Crippen LogP contribution is 2.34. The maximum atomic E-state index is 12.7. The van der Waals surface area contributed by atoms with Gasteiger partial charge in [-0.3, -0.25) is 9.89 Å². The second-order valence-electron chi connectivity index (χ2n) is 7.03. The summed E-state index contributed by atoms with van der Waals surface area (Å²) in [6, 6.07) is 19.6. The Morgan fingerprint density at radius 1 is 1.10 bits per heavy atom. The first-order valence-corrected chi connectivity index (χ1v) is 9.66. The fraction of sp³-hybridized carbons (Fsp3) is 0.136. The van der Waals surface area contributed by atoms with Gasteiger partial charge >= 0.3 is 0 Å². The fourth-order valence-corrected chi connectivity index (χ4v) is 3.53. The van der Waals surface area contributed by atoms with E-state index >= 15 is 0 Å². The standard InChI is InChI=1S/C22H20N6O2/c29-22(25-21-10-12-23-26-21)20-15-27(18-4-1-2-5-19(18)30-20)14-16-6-8-17(9-7-16)28-13-3-11-24-28/h1-13,20H,14-15H2,(H2,23,25,26,29). The SMILES string of the molecule is O=C(Nc1ccn[nH]1)C1CN(Cc2ccc(-n3cccn3)cc2)c2ccccc2O1. The summed E-state index contributed by atoms with van der Waals surface area (Å²) in [5.41, 5.74) is 3.11. The van der Waals surface area contributed by atoms with Gasteiger partial charge in [-0.2, -0.15) is 10.2 Å². The smallest absolute Gasteiger partial charge is 0.268 e. The summed E-state index contributed by atoms with van der Waals surface area (Å²) in [5, 5.41) is 13.7. The van der Waals surface area contributed by atoms with Gasteiger partial charge in [0.15, 0.2) is 6.10 Å². The molecule has 3 heterocycles. The zero-order chi connectivity index (χ0) is 20.3. The number of H-pyrrole nitrogens is 1. The Balaban J connectivity index is 1.35. The number of carbonyl (C=O) groups is 1. The van der Waals surface area contributed by atoms with Crippen LogP contribution < -0.4 is 15.0 Å². The molecule has 1 amide bonds. The normalized spacial score (nSPS) is 15.3.